The molecule has 0 aromatic heterocycles. The second-order valence-electron chi connectivity index (χ2n) is 4.22. The fourth-order valence-electron chi connectivity index (χ4n) is 2.60. The van der Waals surface area contributed by atoms with E-state index in [1.54, 1.807) is 7.11 Å². The zero-order valence-corrected chi connectivity index (χ0v) is 9.35. The van der Waals surface area contributed by atoms with Crippen LogP contribution >= 0.6 is 0 Å². The molecule has 0 amide bonds. The van der Waals surface area contributed by atoms with Crippen molar-refractivity contribution in [1.29, 1.82) is 0 Å². The maximum Gasteiger partial charge on any atom is 0.307 e. The first-order chi connectivity index (χ1) is 7.74. The van der Waals surface area contributed by atoms with Gasteiger partial charge < -0.3 is 9.84 Å². The number of hydrogen-bond acceptors (Lipinski definition) is 2. The summed E-state index contributed by atoms with van der Waals surface area (Å²) in [7, 11) is 1.63. The quantitative estimate of drug-likeness (QED) is 0.851. The van der Waals surface area contributed by atoms with Crippen molar-refractivity contribution in [2.24, 2.45) is 5.92 Å². The topological polar surface area (TPSA) is 46.5 Å². The van der Waals surface area contributed by atoms with E-state index < -0.39 is 5.97 Å². The van der Waals surface area contributed by atoms with Crippen molar-refractivity contribution < 1.29 is 14.6 Å². The smallest absolute Gasteiger partial charge is 0.307 e. The Morgan fingerprint density at radius 2 is 2.12 bits per heavy atom. The summed E-state index contributed by atoms with van der Waals surface area (Å²) in [5.74, 6) is -0.0287. The highest BCUT2D eigenvalue weighted by atomic mass is 16.5. The van der Waals surface area contributed by atoms with Crippen molar-refractivity contribution in [2.45, 2.75) is 25.2 Å². The van der Waals surface area contributed by atoms with Gasteiger partial charge in [0.1, 0.15) is 5.75 Å². The standard InChI is InChI=1S/C13H16O3/c1-16-12-8-3-2-5-10(12)9-6-4-7-11(9)13(14)15/h2-3,5,8-9,11H,4,6-7H2,1H3,(H,14,15). The minimum atomic E-state index is -0.687. The Kier molecular flexibility index (Phi) is 3.13. The molecule has 0 radical (unpaired) electrons. The molecule has 1 aromatic rings. The SMILES string of the molecule is COc1ccccc1C1CCCC1C(=O)O. The summed E-state index contributed by atoms with van der Waals surface area (Å²) in [6.07, 6.45) is 2.70. The normalized spacial score (nSPS) is 24.3. The highest BCUT2D eigenvalue weighted by molar-refractivity contribution is 5.72. The molecule has 16 heavy (non-hydrogen) atoms. The summed E-state index contributed by atoms with van der Waals surface area (Å²) >= 11 is 0. The van der Waals surface area contributed by atoms with E-state index in [-0.39, 0.29) is 11.8 Å². The zero-order chi connectivity index (χ0) is 11.5. The number of carbonyl (C=O) groups is 1. The van der Waals surface area contributed by atoms with Gasteiger partial charge in [-0.15, -0.1) is 0 Å². The lowest BCUT2D eigenvalue weighted by molar-refractivity contribution is -0.142. The van der Waals surface area contributed by atoms with E-state index in [1.807, 2.05) is 24.3 Å². The molecule has 0 saturated heterocycles. The molecule has 0 bridgehead atoms. The molecule has 1 aliphatic carbocycles. The second kappa shape index (κ2) is 4.56. The molecule has 1 aromatic carbocycles. The minimum absolute atomic E-state index is 0.105. The van der Waals surface area contributed by atoms with Gasteiger partial charge in [-0.25, -0.2) is 0 Å². The molecule has 2 atom stereocenters. The Morgan fingerprint density at radius 3 is 2.81 bits per heavy atom. The lowest BCUT2D eigenvalue weighted by atomic mass is 9.88. The molecular weight excluding hydrogens is 204 g/mol. The second-order valence-corrected chi connectivity index (χ2v) is 4.22. The first-order valence-corrected chi connectivity index (χ1v) is 5.59. The molecule has 1 saturated carbocycles. The molecule has 2 unspecified atom stereocenters. The van der Waals surface area contributed by atoms with Crippen LogP contribution in [0.5, 0.6) is 5.75 Å². The number of carboxylic acids is 1. The fourth-order valence-corrected chi connectivity index (χ4v) is 2.60. The van der Waals surface area contributed by atoms with Gasteiger partial charge in [0.05, 0.1) is 13.0 Å². The van der Waals surface area contributed by atoms with Gasteiger partial charge in [0.2, 0.25) is 0 Å². The van der Waals surface area contributed by atoms with E-state index in [0.29, 0.717) is 0 Å². The molecule has 1 N–H and O–H groups in total. The number of methoxy groups -OCH3 is 1. The Bertz CT molecular complexity index is 387. The van der Waals surface area contributed by atoms with Crippen LogP contribution < -0.4 is 4.74 Å². The number of aliphatic carboxylic acids is 1. The molecule has 3 nitrogen and oxygen atoms in total. The van der Waals surface area contributed by atoms with E-state index in [9.17, 15) is 4.79 Å². The average Bonchev–Trinajstić information content (AvgIpc) is 2.77. The maximum atomic E-state index is 11.1. The summed E-state index contributed by atoms with van der Waals surface area (Å²) in [5.41, 5.74) is 1.04. The lowest BCUT2D eigenvalue weighted by Gasteiger charge is -2.18. The van der Waals surface area contributed by atoms with Gasteiger partial charge in [0.25, 0.3) is 0 Å². The third kappa shape index (κ3) is 1.90. The Morgan fingerprint density at radius 1 is 1.38 bits per heavy atom. The van der Waals surface area contributed by atoms with Crippen LogP contribution in [-0.4, -0.2) is 18.2 Å². The zero-order valence-electron chi connectivity index (χ0n) is 9.35. The van der Waals surface area contributed by atoms with E-state index >= 15 is 0 Å². The van der Waals surface area contributed by atoms with Crippen molar-refractivity contribution in [3.8, 4) is 5.75 Å². The number of para-hydroxylation sites is 1. The molecule has 1 aliphatic rings. The lowest BCUT2D eigenvalue weighted by Crippen LogP contribution is -2.17. The molecule has 0 spiro atoms. The van der Waals surface area contributed by atoms with Gasteiger partial charge >= 0.3 is 5.97 Å². The van der Waals surface area contributed by atoms with Crippen LogP contribution in [0.3, 0.4) is 0 Å². The Balaban J connectivity index is 2.32. The molecule has 3 heteroatoms. The largest absolute Gasteiger partial charge is 0.496 e. The van der Waals surface area contributed by atoms with Gasteiger partial charge in [0, 0.05) is 5.92 Å². The van der Waals surface area contributed by atoms with Crippen molar-refractivity contribution >= 4 is 5.97 Å². The number of ether oxygens (including phenoxy) is 1. The van der Waals surface area contributed by atoms with Gasteiger partial charge in [-0.05, 0) is 24.5 Å². The first kappa shape index (κ1) is 11.0. The highest BCUT2D eigenvalue weighted by Gasteiger charge is 2.35. The number of rotatable bonds is 3. The van der Waals surface area contributed by atoms with E-state index in [4.69, 9.17) is 9.84 Å². The van der Waals surface area contributed by atoms with Gasteiger partial charge in [0.15, 0.2) is 0 Å². The van der Waals surface area contributed by atoms with Crippen molar-refractivity contribution in [1.82, 2.24) is 0 Å². The number of carboxylic acid groups (broad SMARTS) is 1. The van der Waals surface area contributed by atoms with Crippen LogP contribution in [0.15, 0.2) is 24.3 Å². The third-order valence-electron chi connectivity index (χ3n) is 3.37. The summed E-state index contributed by atoms with van der Waals surface area (Å²) in [4.78, 5) is 11.1. The molecule has 86 valence electrons. The Labute approximate surface area is 95.0 Å². The summed E-state index contributed by atoms with van der Waals surface area (Å²) in [5, 5.41) is 9.17. The van der Waals surface area contributed by atoms with Crippen molar-refractivity contribution in [2.75, 3.05) is 7.11 Å². The van der Waals surface area contributed by atoms with Crippen LogP contribution in [0.1, 0.15) is 30.7 Å². The van der Waals surface area contributed by atoms with E-state index in [2.05, 4.69) is 0 Å². The third-order valence-corrected chi connectivity index (χ3v) is 3.37. The predicted octanol–water partition coefficient (Wildman–Crippen LogP) is 2.66. The molecular formula is C13H16O3. The van der Waals surface area contributed by atoms with Crippen molar-refractivity contribution in [3.05, 3.63) is 29.8 Å². The highest BCUT2D eigenvalue weighted by Crippen LogP contribution is 2.42. The average molecular weight is 220 g/mol. The van der Waals surface area contributed by atoms with Crippen LogP contribution in [-0.2, 0) is 4.79 Å². The summed E-state index contributed by atoms with van der Waals surface area (Å²) in [6, 6.07) is 7.72. The van der Waals surface area contributed by atoms with Crippen molar-refractivity contribution in [3.63, 3.8) is 0 Å². The van der Waals surface area contributed by atoms with Crippen LogP contribution in [0.4, 0.5) is 0 Å². The number of hydrogen-bond donors (Lipinski definition) is 1. The van der Waals surface area contributed by atoms with Crippen LogP contribution in [0.25, 0.3) is 0 Å². The van der Waals surface area contributed by atoms with Crippen LogP contribution in [0, 0.1) is 5.92 Å². The van der Waals surface area contributed by atoms with Crippen LogP contribution in [0.2, 0.25) is 0 Å². The monoisotopic (exact) mass is 220 g/mol. The first-order valence-electron chi connectivity index (χ1n) is 5.59. The molecule has 1 fully saturated rings. The minimum Gasteiger partial charge on any atom is -0.496 e. The predicted molar refractivity (Wildman–Crippen MR) is 60.7 cm³/mol. The molecule has 2 rings (SSSR count). The number of benzene rings is 1. The Hall–Kier alpha value is -1.51. The van der Waals surface area contributed by atoms with Gasteiger partial charge in [-0.3, -0.25) is 4.79 Å². The summed E-state index contributed by atoms with van der Waals surface area (Å²) < 4.78 is 5.29. The summed E-state index contributed by atoms with van der Waals surface area (Å²) in [6.45, 7) is 0. The molecule has 0 aliphatic heterocycles. The maximum absolute atomic E-state index is 11.1. The van der Waals surface area contributed by atoms with E-state index in [0.717, 1.165) is 30.6 Å². The van der Waals surface area contributed by atoms with E-state index in [1.165, 1.54) is 0 Å². The molecule has 0 heterocycles. The fraction of sp³-hybridized carbons (Fsp3) is 0.462. The van der Waals surface area contributed by atoms with Gasteiger partial charge in [-0.1, -0.05) is 24.6 Å². The van der Waals surface area contributed by atoms with Gasteiger partial charge in [-0.2, -0.15) is 0 Å².